The lowest BCUT2D eigenvalue weighted by molar-refractivity contribution is 0.125. The number of hydrogen-bond donors (Lipinski definition) is 0. The molecule has 0 radical (unpaired) electrons. The molecule has 1 aliphatic rings. The van der Waals surface area contributed by atoms with Crippen LogP contribution in [0.5, 0.6) is 0 Å². The highest BCUT2D eigenvalue weighted by molar-refractivity contribution is 5.57. The van der Waals surface area contributed by atoms with E-state index in [4.69, 9.17) is 0 Å². The van der Waals surface area contributed by atoms with Gasteiger partial charge in [-0.1, -0.05) is 5.21 Å². The molecule has 0 aliphatic carbocycles. The summed E-state index contributed by atoms with van der Waals surface area (Å²) in [5.74, 6) is -0.242. The molecule has 3 heterocycles. The third-order valence-corrected chi connectivity index (χ3v) is 5.06. The van der Waals surface area contributed by atoms with Gasteiger partial charge in [0.2, 0.25) is 0 Å². The number of halogens is 1. The van der Waals surface area contributed by atoms with Gasteiger partial charge in [0.25, 0.3) is 0 Å². The van der Waals surface area contributed by atoms with Crippen LogP contribution in [0.25, 0.3) is 11.3 Å². The zero-order valence-corrected chi connectivity index (χ0v) is 14.7. The van der Waals surface area contributed by atoms with Gasteiger partial charge in [-0.2, -0.15) is 5.10 Å². The summed E-state index contributed by atoms with van der Waals surface area (Å²) in [6, 6.07) is 7.14. The normalized spacial score (nSPS) is 17.5. The molecular weight excluding hydrogens is 333 g/mol. The molecule has 0 bridgehead atoms. The molecule has 0 N–H and O–H groups in total. The predicted octanol–water partition coefficient (Wildman–Crippen LogP) is 2.40. The Morgan fingerprint density at radius 2 is 1.96 bits per heavy atom. The summed E-state index contributed by atoms with van der Waals surface area (Å²) in [6.07, 6.45) is 7.37. The number of piperidine rings is 1. The quantitative estimate of drug-likeness (QED) is 0.703. The van der Waals surface area contributed by atoms with Gasteiger partial charge in [0.1, 0.15) is 24.2 Å². The molecule has 1 aliphatic heterocycles. The average Bonchev–Trinajstić information content (AvgIpc) is 3.34. The van der Waals surface area contributed by atoms with Crippen molar-refractivity contribution in [3.63, 3.8) is 0 Å². The zero-order chi connectivity index (χ0) is 17.9. The lowest BCUT2D eigenvalue weighted by Gasteiger charge is -2.35. The van der Waals surface area contributed by atoms with Gasteiger partial charge in [-0.25, -0.2) is 14.1 Å². The zero-order valence-electron chi connectivity index (χ0n) is 14.7. The maximum absolute atomic E-state index is 13.1. The number of likely N-dealkylation sites (tertiary alicyclic amines) is 1. The molecule has 1 fully saturated rings. The molecule has 0 saturated carbocycles. The molecule has 1 saturated heterocycles. The summed E-state index contributed by atoms with van der Waals surface area (Å²) in [5.41, 5.74) is 1.67. The van der Waals surface area contributed by atoms with Crippen molar-refractivity contribution in [2.45, 2.75) is 38.4 Å². The van der Waals surface area contributed by atoms with Crippen LogP contribution in [-0.2, 0) is 6.54 Å². The van der Waals surface area contributed by atoms with Crippen LogP contribution in [0.2, 0.25) is 0 Å². The van der Waals surface area contributed by atoms with Gasteiger partial charge in [0.05, 0.1) is 18.8 Å². The van der Waals surface area contributed by atoms with Crippen molar-refractivity contribution in [1.82, 2.24) is 34.7 Å². The van der Waals surface area contributed by atoms with Crippen LogP contribution < -0.4 is 0 Å². The summed E-state index contributed by atoms with van der Waals surface area (Å²) >= 11 is 0. The molecule has 4 rings (SSSR count). The molecule has 26 heavy (non-hydrogen) atoms. The first-order valence-corrected chi connectivity index (χ1v) is 8.93. The molecule has 1 atom stereocenters. The van der Waals surface area contributed by atoms with Crippen LogP contribution in [0, 0.1) is 5.82 Å². The van der Waals surface area contributed by atoms with Crippen LogP contribution in [0.4, 0.5) is 4.39 Å². The van der Waals surface area contributed by atoms with Gasteiger partial charge >= 0.3 is 0 Å². The van der Waals surface area contributed by atoms with Gasteiger partial charge < -0.3 is 0 Å². The molecule has 8 heteroatoms. The fourth-order valence-corrected chi connectivity index (χ4v) is 3.51. The van der Waals surface area contributed by atoms with E-state index in [1.54, 1.807) is 24.8 Å². The molecule has 2 aromatic heterocycles. The minimum absolute atomic E-state index is 0.242. The van der Waals surface area contributed by atoms with Crippen LogP contribution in [0.1, 0.15) is 25.8 Å². The molecular formula is C18H22FN7. The van der Waals surface area contributed by atoms with E-state index >= 15 is 0 Å². The second-order valence-electron chi connectivity index (χ2n) is 6.82. The number of nitrogens with zero attached hydrogens (tertiary/aromatic N) is 7. The van der Waals surface area contributed by atoms with Crippen LogP contribution in [-0.4, -0.2) is 53.8 Å². The highest BCUT2D eigenvalue weighted by Gasteiger charge is 2.25. The summed E-state index contributed by atoms with van der Waals surface area (Å²) in [6.45, 7) is 5.12. The van der Waals surface area contributed by atoms with E-state index < -0.39 is 0 Å². The Labute approximate surface area is 151 Å². The SMILES string of the molecule is C[C@H](Cn1cncn1)N1CCC(n2cc(-c3ccc(F)cc3)nn2)CC1. The Kier molecular flexibility index (Phi) is 4.75. The van der Waals surface area contributed by atoms with Gasteiger partial charge in [-0.05, 0) is 44.0 Å². The van der Waals surface area contributed by atoms with Crippen molar-refractivity contribution >= 4 is 0 Å². The van der Waals surface area contributed by atoms with Gasteiger partial charge in [-0.3, -0.25) is 9.58 Å². The number of rotatable bonds is 5. The second kappa shape index (κ2) is 7.33. The predicted molar refractivity (Wildman–Crippen MR) is 94.7 cm³/mol. The maximum Gasteiger partial charge on any atom is 0.137 e. The largest absolute Gasteiger partial charge is 0.299 e. The summed E-state index contributed by atoms with van der Waals surface area (Å²) in [4.78, 5) is 6.48. The molecule has 1 aromatic carbocycles. The Hall–Kier alpha value is -2.61. The van der Waals surface area contributed by atoms with Gasteiger partial charge in [-0.15, -0.1) is 5.10 Å². The minimum Gasteiger partial charge on any atom is -0.299 e. The average molecular weight is 355 g/mol. The topological polar surface area (TPSA) is 64.7 Å². The lowest BCUT2D eigenvalue weighted by Crippen LogP contribution is -2.42. The number of benzene rings is 1. The van der Waals surface area contributed by atoms with Gasteiger partial charge in [0, 0.05) is 24.7 Å². The van der Waals surface area contributed by atoms with Gasteiger partial charge in [0.15, 0.2) is 0 Å². The van der Waals surface area contributed by atoms with Crippen molar-refractivity contribution in [2.24, 2.45) is 0 Å². The Morgan fingerprint density at radius 3 is 2.65 bits per heavy atom. The second-order valence-corrected chi connectivity index (χ2v) is 6.82. The Bertz CT molecular complexity index is 820. The smallest absolute Gasteiger partial charge is 0.137 e. The third-order valence-electron chi connectivity index (χ3n) is 5.06. The number of hydrogen-bond acceptors (Lipinski definition) is 5. The van der Waals surface area contributed by atoms with Crippen LogP contribution >= 0.6 is 0 Å². The van der Waals surface area contributed by atoms with Crippen molar-refractivity contribution < 1.29 is 4.39 Å². The number of aromatic nitrogens is 6. The molecule has 0 unspecified atom stereocenters. The fourth-order valence-electron chi connectivity index (χ4n) is 3.51. The summed E-state index contributed by atoms with van der Waals surface area (Å²) in [7, 11) is 0. The van der Waals surface area contributed by atoms with E-state index in [2.05, 4.69) is 32.2 Å². The van der Waals surface area contributed by atoms with Crippen molar-refractivity contribution in [2.75, 3.05) is 13.1 Å². The molecule has 7 nitrogen and oxygen atoms in total. The monoisotopic (exact) mass is 355 g/mol. The van der Waals surface area contributed by atoms with Crippen molar-refractivity contribution in [3.8, 4) is 11.3 Å². The molecule has 136 valence electrons. The van der Waals surface area contributed by atoms with E-state index in [0.717, 1.165) is 43.7 Å². The fraction of sp³-hybridized carbons (Fsp3) is 0.444. The maximum atomic E-state index is 13.1. The molecule has 0 amide bonds. The highest BCUT2D eigenvalue weighted by Crippen LogP contribution is 2.25. The summed E-state index contributed by atoms with van der Waals surface area (Å²) in [5, 5.41) is 12.7. The van der Waals surface area contributed by atoms with Crippen molar-refractivity contribution in [1.29, 1.82) is 0 Å². The lowest BCUT2D eigenvalue weighted by atomic mass is 10.0. The van der Waals surface area contributed by atoms with Crippen molar-refractivity contribution in [3.05, 3.63) is 48.9 Å². The highest BCUT2D eigenvalue weighted by atomic mass is 19.1. The van der Waals surface area contributed by atoms with E-state index in [1.807, 2.05) is 15.6 Å². The van der Waals surface area contributed by atoms with E-state index in [1.165, 1.54) is 12.1 Å². The summed E-state index contributed by atoms with van der Waals surface area (Å²) < 4.78 is 16.9. The van der Waals surface area contributed by atoms with Crippen LogP contribution in [0.15, 0.2) is 43.1 Å². The van der Waals surface area contributed by atoms with E-state index in [0.29, 0.717) is 12.1 Å². The Balaban J connectivity index is 1.35. The third kappa shape index (κ3) is 3.65. The molecule has 0 spiro atoms. The first-order valence-electron chi connectivity index (χ1n) is 8.93. The first-order chi connectivity index (χ1) is 12.7. The first kappa shape index (κ1) is 16.8. The minimum atomic E-state index is -0.242. The standard InChI is InChI=1S/C18H22FN7/c1-14(10-25-13-20-12-21-25)24-8-6-17(7-9-24)26-11-18(22-23-26)15-2-4-16(19)5-3-15/h2-5,11-14,17H,6-10H2,1H3/t14-/m1/s1. The van der Waals surface area contributed by atoms with E-state index in [9.17, 15) is 4.39 Å². The Morgan fingerprint density at radius 1 is 1.19 bits per heavy atom. The van der Waals surface area contributed by atoms with Crippen LogP contribution in [0.3, 0.4) is 0 Å². The van der Waals surface area contributed by atoms with E-state index in [-0.39, 0.29) is 5.82 Å². The molecule has 3 aromatic rings.